The zero-order valence-electron chi connectivity index (χ0n) is 37.8. The molecule has 4 aromatic rings. The third kappa shape index (κ3) is 12.6. The molecule has 65 heavy (non-hydrogen) atoms. The zero-order valence-corrected chi connectivity index (χ0v) is 43.2. The van der Waals surface area contributed by atoms with Gasteiger partial charge in [-0.05, 0) is 180 Å². The van der Waals surface area contributed by atoms with Crippen LogP contribution in [-0.2, 0) is 25.7 Å². The lowest BCUT2D eigenvalue weighted by Gasteiger charge is -2.44. The Kier molecular flexibility index (Phi) is 17.9. The van der Waals surface area contributed by atoms with Gasteiger partial charge in [-0.2, -0.15) is 0 Å². The van der Waals surface area contributed by atoms with Gasteiger partial charge < -0.3 is 25.0 Å². The Morgan fingerprint density at radius 3 is 1.54 bits per heavy atom. The van der Waals surface area contributed by atoms with E-state index >= 15 is 0 Å². The number of aryl methyl sites for hydroxylation is 4. The van der Waals surface area contributed by atoms with Crippen molar-refractivity contribution >= 4 is 80.8 Å². The van der Waals surface area contributed by atoms with E-state index < -0.39 is 0 Å². The van der Waals surface area contributed by atoms with Crippen LogP contribution in [0, 0.1) is 0 Å². The zero-order chi connectivity index (χ0) is 45.6. The monoisotopic (exact) mass is 1070 g/mol. The molecule has 2 unspecified atom stereocenters. The largest absolute Gasteiger partial charge is 0.437 e. The van der Waals surface area contributed by atoms with Gasteiger partial charge in [-0.3, -0.25) is 24.7 Å². The number of likely N-dealkylation sites (tertiary alicyclic amines) is 1. The van der Waals surface area contributed by atoms with Crippen molar-refractivity contribution in [1.82, 2.24) is 39.6 Å². The summed E-state index contributed by atoms with van der Waals surface area (Å²) in [6, 6.07) is 18.3. The highest BCUT2D eigenvalue weighted by Crippen LogP contribution is 2.40. The maximum atomic E-state index is 9.85. The third-order valence-electron chi connectivity index (χ3n) is 14.5. The highest BCUT2D eigenvalue weighted by Gasteiger charge is 2.36. The second-order valence-electron chi connectivity index (χ2n) is 18.5. The van der Waals surface area contributed by atoms with Crippen molar-refractivity contribution in [1.29, 1.82) is 0 Å². The van der Waals surface area contributed by atoms with E-state index in [9.17, 15) is 10.0 Å². The standard InChI is InChI=1S/C24H31BBrClN4O.C14H10BrCl2N.C10H22BN3O/c1-25(32)31-12-10-29(11-13-31)21-6-8-30(9-7-21)24-22-5-4-20(27)15-17(22)2-3-18-14-19(26)16-28-23(18)24;15-10-5-9-2-1-8-6-11(16)3-4-12(8)13(17)14(9)18-7-10;1-11(15)14-8-6-13(7-9-14)10-2-4-12-5-3-10/h4-5,14-16,21,24,32H,2-3,6-13H2,1H3;3-7,13H,1-2H2;10,12,15H,2-9H2,1H3. The predicted octanol–water partition coefficient (Wildman–Crippen LogP) is 8.27. The van der Waals surface area contributed by atoms with Gasteiger partial charge in [-0.1, -0.05) is 35.3 Å². The average molecular weight is 1070 g/mol. The van der Waals surface area contributed by atoms with Crippen molar-refractivity contribution in [3.05, 3.63) is 125 Å². The Bertz CT molecular complexity index is 2100. The van der Waals surface area contributed by atoms with E-state index in [0.717, 1.165) is 127 Å². The van der Waals surface area contributed by atoms with Crippen LogP contribution >= 0.6 is 66.7 Å². The maximum Gasteiger partial charge on any atom is 0.376 e. The molecule has 4 fully saturated rings. The van der Waals surface area contributed by atoms with E-state index in [4.69, 9.17) is 39.8 Å². The lowest BCUT2D eigenvalue weighted by Crippen LogP contribution is -2.56. The number of halogens is 5. The molecular formula is C48H63B2Br2Cl3N8O2. The molecule has 10 nitrogen and oxygen atoms in total. The van der Waals surface area contributed by atoms with Gasteiger partial charge in [-0.15, -0.1) is 11.6 Å². The number of alkyl halides is 1. The third-order valence-corrected chi connectivity index (χ3v) is 16.3. The Balaban J connectivity index is 0.000000147. The fourth-order valence-corrected chi connectivity index (χ4v) is 12.3. The number of aromatic nitrogens is 2. The van der Waals surface area contributed by atoms with Gasteiger partial charge in [0.15, 0.2) is 0 Å². The first-order chi connectivity index (χ1) is 31.4. The van der Waals surface area contributed by atoms with Crippen LogP contribution in [0.2, 0.25) is 23.7 Å². The number of nitrogens with one attached hydrogen (secondary N) is 1. The van der Waals surface area contributed by atoms with E-state index in [2.05, 4.69) is 90.7 Å². The molecule has 0 saturated carbocycles. The Labute approximate surface area is 419 Å². The Morgan fingerprint density at radius 1 is 0.569 bits per heavy atom. The number of piperidine rings is 2. The summed E-state index contributed by atoms with van der Waals surface area (Å²) in [5.41, 5.74) is 9.77. The van der Waals surface area contributed by atoms with E-state index in [1.807, 2.05) is 44.1 Å². The first kappa shape index (κ1) is 49.8. The van der Waals surface area contributed by atoms with Crippen molar-refractivity contribution < 1.29 is 10.0 Å². The summed E-state index contributed by atoms with van der Waals surface area (Å²) in [4.78, 5) is 21.6. The SMILES string of the molecule is CB(O)N1CCN(C2CCN(C3c4ccc(Cl)cc4CCc4cc(Br)cnc43)CC2)CC1.CB(O)N1CCN(C2CCNCC2)CC1.Clc1ccc2c(c1)CCc1cc(Br)cnc1C2Cl. The van der Waals surface area contributed by atoms with Gasteiger partial charge in [-0.25, -0.2) is 0 Å². The molecule has 10 rings (SSSR count). The topological polar surface area (TPSA) is 94.5 Å². The summed E-state index contributed by atoms with van der Waals surface area (Å²) in [7, 11) is -0.615. The van der Waals surface area contributed by atoms with Crippen molar-refractivity contribution in [3.8, 4) is 0 Å². The average Bonchev–Trinajstić information content (AvgIpc) is 3.56. The first-order valence-electron chi connectivity index (χ1n) is 23.7. The minimum absolute atomic E-state index is 0.192. The van der Waals surface area contributed by atoms with Crippen molar-refractivity contribution in [2.24, 2.45) is 0 Å². The van der Waals surface area contributed by atoms with E-state index in [0.29, 0.717) is 6.04 Å². The summed E-state index contributed by atoms with van der Waals surface area (Å²) in [6.45, 7) is 16.5. The second-order valence-corrected chi connectivity index (χ2v) is 21.6. The van der Waals surface area contributed by atoms with Crippen molar-refractivity contribution in [2.75, 3.05) is 78.5 Å². The van der Waals surface area contributed by atoms with E-state index in [-0.39, 0.29) is 25.5 Å². The number of pyridine rings is 2. The number of hydrogen-bond acceptors (Lipinski definition) is 10. The van der Waals surface area contributed by atoms with Gasteiger partial charge in [0.05, 0.1) is 17.4 Å². The summed E-state index contributed by atoms with van der Waals surface area (Å²) in [6.07, 6.45) is 12.6. The van der Waals surface area contributed by atoms with Crippen LogP contribution in [0.4, 0.5) is 0 Å². The lowest BCUT2D eigenvalue weighted by molar-refractivity contribution is 0.0665. The summed E-state index contributed by atoms with van der Waals surface area (Å²) in [5, 5.41) is 24.1. The van der Waals surface area contributed by atoms with Gasteiger partial charge >= 0.3 is 14.1 Å². The van der Waals surface area contributed by atoms with Crippen LogP contribution in [0.25, 0.3) is 0 Å². The molecule has 0 radical (unpaired) electrons. The summed E-state index contributed by atoms with van der Waals surface area (Å²) in [5.74, 6) is 0. The quantitative estimate of drug-likeness (QED) is 0.134. The minimum Gasteiger partial charge on any atom is -0.437 e. The normalized spacial score (nSPS) is 22.7. The molecule has 6 aliphatic rings. The molecule has 2 aliphatic carbocycles. The van der Waals surface area contributed by atoms with Crippen LogP contribution in [0.5, 0.6) is 0 Å². The van der Waals surface area contributed by atoms with Gasteiger partial charge in [0.1, 0.15) is 5.38 Å². The maximum absolute atomic E-state index is 9.85. The number of fused-ring (bicyclic) bond motifs is 4. The van der Waals surface area contributed by atoms with Crippen LogP contribution < -0.4 is 5.32 Å². The first-order valence-corrected chi connectivity index (χ1v) is 26.5. The van der Waals surface area contributed by atoms with Crippen LogP contribution in [0.3, 0.4) is 0 Å². The molecule has 4 aliphatic heterocycles. The predicted molar refractivity (Wildman–Crippen MR) is 276 cm³/mol. The molecule has 2 aromatic carbocycles. The molecule has 0 bridgehead atoms. The smallest absolute Gasteiger partial charge is 0.376 e. The minimum atomic E-state index is -0.338. The Morgan fingerprint density at radius 2 is 1.02 bits per heavy atom. The lowest BCUT2D eigenvalue weighted by atomic mass is 9.84. The van der Waals surface area contributed by atoms with Gasteiger partial charge in [0.2, 0.25) is 0 Å². The molecule has 17 heteroatoms. The number of rotatable bonds is 5. The second kappa shape index (κ2) is 23.3. The molecule has 3 N–H and O–H groups in total. The highest BCUT2D eigenvalue weighted by atomic mass is 79.9. The number of piperazine rings is 2. The molecular weight excluding hydrogens is 1010 g/mol. The molecule has 4 saturated heterocycles. The molecule has 0 spiro atoms. The number of hydrogen-bond donors (Lipinski definition) is 3. The van der Waals surface area contributed by atoms with E-state index in [1.165, 1.54) is 72.3 Å². The number of benzene rings is 2. The van der Waals surface area contributed by atoms with E-state index in [1.54, 1.807) is 6.20 Å². The number of nitrogens with zero attached hydrogens (tertiary/aromatic N) is 7. The molecule has 0 amide bonds. The Hall–Kier alpha value is -1.62. The van der Waals surface area contributed by atoms with Crippen molar-refractivity contribution in [2.45, 2.75) is 88.5 Å². The highest BCUT2D eigenvalue weighted by molar-refractivity contribution is 9.10. The fourth-order valence-electron chi connectivity index (χ4n) is 10.8. The fraction of sp³-hybridized carbons (Fsp3) is 0.542. The van der Waals surface area contributed by atoms with Gasteiger partial charge in [0.25, 0.3) is 0 Å². The molecule has 348 valence electrons. The van der Waals surface area contributed by atoms with Crippen LogP contribution in [-0.4, -0.2) is 149 Å². The molecule has 2 aromatic heterocycles. The van der Waals surface area contributed by atoms with Crippen LogP contribution in [0.15, 0.2) is 69.9 Å². The van der Waals surface area contributed by atoms with Crippen molar-refractivity contribution in [3.63, 3.8) is 0 Å². The molecule has 6 heterocycles. The summed E-state index contributed by atoms with van der Waals surface area (Å²) >= 11 is 26.1. The molecule has 2 atom stereocenters. The summed E-state index contributed by atoms with van der Waals surface area (Å²) < 4.78 is 2.04. The van der Waals surface area contributed by atoms with Gasteiger partial charge in [0, 0.05) is 109 Å². The van der Waals surface area contributed by atoms with Crippen LogP contribution in [0.1, 0.15) is 81.9 Å².